The second-order valence-electron chi connectivity index (χ2n) is 5.16. The van der Waals surface area contributed by atoms with Gasteiger partial charge in [0.1, 0.15) is 5.75 Å². The molecule has 106 valence electrons. The Morgan fingerprint density at radius 1 is 1.45 bits per heavy atom. The number of hydrogen-bond donors (Lipinski definition) is 1. The number of benzene rings is 1. The van der Waals surface area contributed by atoms with E-state index in [0.717, 1.165) is 36.6 Å². The van der Waals surface area contributed by atoms with E-state index in [1.165, 1.54) is 12.8 Å². The minimum Gasteiger partial charge on any atom is -0.497 e. The Kier molecular flexibility index (Phi) is 3.97. The molecule has 1 saturated heterocycles. The summed E-state index contributed by atoms with van der Waals surface area (Å²) in [5.74, 6) is 2.75. The van der Waals surface area contributed by atoms with Gasteiger partial charge in [-0.1, -0.05) is 11.2 Å². The van der Waals surface area contributed by atoms with E-state index in [0.29, 0.717) is 11.8 Å². The molecular formula is C15H19N3O2. The first-order valence-corrected chi connectivity index (χ1v) is 7.03. The summed E-state index contributed by atoms with van der Waals surface area (Å²) in [6.45, 7) is 2.17. The molecule has 2 heterocycles. The summed E-state index contributed by atoms with van der Waals surface area (Å²) >= 11 is 0. The lowest BCUT2D eigenvalue weighted by atomic mass is 9.96. The molecule has 0 saturated carbocycles. The van der Waals surface area contributed by atoms with Gasteiger partial charge < -0.3 is 14.6 Å². The van der Waals surface area contributed by atoms with Gasteiger partial charge in [-0.25, -0.2) is 0 Å². The Labute approximate surface area is 118 Å². The molecule has 0 spiro atoms. The smallest absolute Gasteiger partial charge is 0.258 e. The molecule has 0 amide bonds. The monoisotopic (exact) mass is 273 g/mol. The van der Waals surface area contributed by atoms with E-state index >= 15 is 0 Å². The van der Waals surface area contributed by atoms with Crippen molar-refractivity contribution in [1.29, 1.82) is 0 Å². The zero-order chi connectivity index (χ0) is 13.8. The third-order valence-corrected chi connectivity index (χ3v) is 3.65. The predicted molar refractivity (Wildman–Crippen MR) is 75.6 cm³/mol. The van der Waals surface area contributed by atoms with Crippen molar-refractivity contribution in [2.75, 3.05) is 20.2 Å². The molecule has 1 aliphatic rings. The average Bonchev–Trinajstić information content (AvgIpc) is 2.97. The maximum atomic E-state index is 5.35. The van der Waals surface area contributed by atoms with E-state index < -0.39 is 0 Å². The maximum Gasteiger partial charge on any atom is 0.258 e. The van der Waals surface area contributed by atoms with Crippen LogP contribution in [0.4, 0.5) is 0 Å². The van der Waals surface area contributed by atoms with Crippen LogP contribution in [-0.4, -0.2) is 30.3 Å². The van der Waals surface area contributed by atoms with Crippen molar-refractivity contribution in [2.45, 2.75) is 19.3 Å². The number of nitrogens with zero attached hydrogens (tertiary/aromatic N) is 2. The van der Waals surface area contributed by atoms with E-state index in [-0.39, 0.29) is 0 Å². The highest BCUT2D eigenvalue weighted by Crippen LogP contribution is 2.23. The van der Waals surface area contributed by atoms with Crippen LogP contribution in [0.1, 0.15) is 18.7 Å². The van der Waals surface area contributed by atoms with Gasteiger partial charge >= 0.3 is 0 Å². The molecule has 1 N–H and O–H groups in total. The lowest BCUT2D eigenvalue weighted by Crippen LogP contribution is -2.31. The molecule has 1 aliphatic heterocycles. The molecule has 5 heteroatoms. The van der Waals surface area contributed by atoms with Gasteiger partial charge in [-0.2, -0.15) is 4.98 Å². The van der Waals surface area contributed by atoms with Crippen molar-refractivity contribution in [2.24, 2.45) is 5.92 Å². The second-order valence-corrected chi connectivity index (χ2v) is 5.16. The highest BCUT2D eigenvalue weighted by atomic mass is 16.5. The number of piperidine rings is 1. The molecular weight excluding hydrogens is 254 g/mol. The molecule has 20 heavy (non-hydrogen) atoms. The Balaban J connectivity index is 1.72. The Bertz CT molecular complexity index is 562. The summed E-state index contributed by atoms with van der Waals surface area (Å²) in [4.78, 5) is 4.49. The molecule has 0 radical (unpaired) electrons. The van der Waals surface area contributed by atoms with Crippen molar-refractivity contribution in [3.8, 4) is 17.2 Å². The quantitative estimate of drug-likeness (QED) is 0.926. The zero-order valence-corrected chi connectivity index (χ0v) is 11.6. The van der Waals surface area contributed by atoms with Gasteiger partial charge in [0.2, 0.25) is 0 Å². The number of hydrogen-bond acceptors (Lipinski definition) is 5. The topological polar surface area (TPSA) is 60.2 Å². The summed E-state index contributed by atoms with van der Waals surface area (Å²) < 4.78 is 10.6. The normalized spacial score (nSPS) is 18.9. The third-order valence-electron chi connectivity index (χ3n) is 3.65. The lowest BCUT2D eigenvalue weighted by Gasteiger charge is -2.20. The SMILES string of the molecule is COc1cccc(-c2nc(CC3CCCNC3)no2)c1. The van der Waals surface area contributed by atoms with E-state index in [4.69, 9.17) is 9.26 Å². The van der Waals surface area contributed by atoms with Crippen molar-refractivity contribution >= 4 is 0 Å². The van der Waals surface area contributed by atoms with Gasteiger partial charge in [-0.15, -0.1) is 0 Å². The average molecular weight is 273 g/mol. The summed E-state index contributed by atoms with van der Waals surface area (Å²) in [6, 6.07) is 7.67. The van der Waals surface area contributed by atoms with E-state index in [2.05, 4.69) is 15.5 Å². The highest BCUT2D eigenvalue weighted by molar-refractivity contribution is 5.55. The fourth-order valence-corrected chi connectivity index (χ4v) is 2.57. The zero-order valence-electron chi connectivity index (χ0n) is 11.6. The van der Waals surface area contributed by atoms with Crippen molar-refractivity contribution in [3.63, 3.8) is 0 Å². The number of rotatable bonds is 4. The fourth-order valence-electron chi connectivity index (χ4n) is 2.57. The van der Waals surface area contributed by atoms with Crippen molar-refractivity contribution in [1.82, 2.24) is 15.5 Å². The van der Waals surface area contributed by atoms with Gasteiger partial charge in [0, 0.05) is 12.0 Å². The standard InChI is InChI=1S/C15H19N3O2/c1-19-13-6-2-5-12(9-13)15-17-14(18-20-15)8-11-4-3-7-16-10-11/h2,5-6,9,11,16H,3-4,7-8,10H2,1H3. The summed E-state index contributed by atoms with van der Waals surface area (Å²) in [5.41, 5.74) is 0.893. The van der Waals surface area contributed by atoms with Gasteiger partial charge in [0.15, 0.2) is 5.82 Å². The van der Waals surface area contributed by atoms with Crippen molar-refractivity contribution in [3.05, 3.63) is 30.1 Å². The van der Waals surface area contributed by atoms with Crippen LogP contribution in [0, 0.1) is 5.92 Å². The van der Waals surface area contributed by atoms with Crippen LogP contribution < -0.4 is 10.1 Å². The van der Waals surface area contributed by atoms with Crippen molar-refractivity contribution < 1.29 is 9.26 Å². The molecule has 1 aromatic heterocycles. The molecule has 1 fully saturated rings. The van der Waals surface area contributed by atoms with E-state index in [9.17, 15) is 0 Å². The summed E-state index contributed by atoms with van der Waals surface area (Å²) in [7, 11) is 1.65. The van der Waals surface area contributed by atoms with Gasteiger partial charge in [-0.05, 0) is 50.0 Å². The first-order valence-electron chi connectivity index (χ1n) is 7.03. The van der Waals surface area contributed by atoms with E-state index in [1.54, 1.807) is 7.11 Å². The number of aromatic nitrogens is 2. The van der Waals surface area contributed by atoms with Crippen LogP contribution in [0.15, 0.2) is 28.8 Å². The summed E-state index contributed by atoms with van der Waals surface area (Å²) in [6.07, 6.45) is 3.34. The molecule has 3 rings (SSSR count). The minimum atomic E-state index is 0.558. The predicted octanol–water partition coefficient (Wildman–Crippen LogP) is 2.29. The molecule has 1 unspecified atom stereocenters. The maximum absolute atomic E-state index is 5.35. The minimum absolute atomic E-state index is 0.558. The lowest BCUT2D eigenvalue weighted by molar-refractivity contribution is 0.359. The number of nitrogens with one attached hydrogen (secondary N) is 1. The van der Waals surface area contributed by atoms with Crippen LogP contribution in [0.5, 0.6) is 5.75 Å². The van der Waals surface area contributed by atoms with Gasteiger partial charge in [0.05, 0.1) is 7.11 Å². The van der Waals surface area contributed by atoms with Crippen LogP contribution in [-0.2, 0) is 6.42 Å². The molecule has 0 bridgehead atoms. The Morgan fingerprint density at radius 2 is 2.40 bits per heavy atom. The highest BCUT2D eigenvalue weighted by Gasteiger charge is 2.17. The molecule has 1 aromatic carbocycles. The first kappa shape index (κ1) is 13.1. The van der Waals surface area contributed by atoms with E-state index in [1.807, 2.05) is 24.3 Å². The number of ether oxygens (including phenoxy) is 1. The molecule has 5 nitrogen and oxygen atoms in total. The molecule has 1 atom stereocenters. The fraction of sp³-hybridized carbons (Fsp3) is 0.467. The second kappa shape index (κ2) is 6.05. The van der Waals surface area contributed by atoms with Crippen LogP contribution in [0.2, 0.25) is 0 Å². The van der Waals surface area contributed by atoms with Crippen LogP contribution >= 0.6 is 0 Å². The van der Waals surface area contributed by atoms with Gasteiger partial charge in [0.25, 0.3) is 5.89 Å². The van der Waals surface area contributed by atoms with Crippen LogP contribution in [0.3, 0.4) is 0 Å². The van der Waals surface area contributed by atoms with Crippen LogP contribution in [0.25, 0.3) is 11.5 Å². The Hall–Kier alpha value is -1.88. The Morgan fingerprint density at radius 3 is 3.20 bits per heavy atom. The molecule has 2 aromatic rings. The largest absolute Gasteiger partial charge is 0.497 e. The third kappa shape index (κ3) is 2.99. The first-order chi connectivity index (χ1) is 9.85. The number of methoxy groups -OCH3 is 1. The summed E-state index contributed by atoms with van der Waals surface area (Å²) in [5, 5.41) is 7.49. The molecule has 0 aliphatic carbocycles. The van der Waals surface area contributed by atoms with Gasteiger partial charge in [-0.3, -0.25) is 0 Å².